The maximum Gasteiger partial charge on any atom is 0.330 e. The van der Waals surface area contributed by atoms with Crippen molar-refractivity contribution < 1.29 is 19.2 Å². The van der Waals surface area contributed by atoms with Crippen LogP contribution in [0.1, 0.15) is 5.56 Å². The number of carbonyl (C=O) groups is 1. The van der Waals surface area contributed by atoms with Crippen LogP contribution in [0, 0.1) is 17.0 Å². The van der Waals surface area contributed by atoms with Gasteiger partial charge >= 0.3 is 5.97 Å². The highest BCUT2D eigenvalue weighted by Crippen LogP contribution is 2.25. The van der Waals surface area contributed by atoms with Crippen LogP contribution in [0.2, 0.25) is 0 Å². The number of anilines is 1. The highest BCUT2D eigenvalue weighted by Gasteiger charge is 2.32. The summed E-state index contributed by atoms with van der Waals surface area (Å²) in [5, 5.41) is 10.7. The summed E-state index contributed by atoms with van der Waals surface area (Å²) in [6, 6.07) is 0.855. The van der Waals surface area contributed by atoms with Gasteiger partial charge in [0.1, 0.15) is 12.0 Å². The average molecular weight is 281 g/mol. The molecule has 1 aliphatic heterocycles. The van der Waals surface area contributed by atoms with Gasteiger partial charge in [-0.15, -0.1) is 0 Å². The van der Waals surface area contributed by atoms with Crippen LogP contribution < -0.4 is 4.90 Å². The number of nitrogens with zero attached hydrogens (tertiary/aromatic N) is 3. The smallest absolute Gasteiger partial charge is 0.330 e. The summed E-state index contributed by atoms with van der Waals surface area (Å²) < 4.78 is 10.0. The van der Waals surface area contributed by atoms with E-state index in [9.17, 15) is 14.9 Å². The van der Waals surface area contributed by atoms with Gasteiger partial charge in [0.05, 0.1) is 25.2 Å². The number of nitro groups is 1. The quantitative estimate of drug-likeness (QED) is 0.456. The molecule has 0 amide bonds. The van der Waals surface area contributed by atoms with Gasteiger partial charge < -0.3 is 14.4 Å². The average Bonchev–Trinajstić information content (AvgIpc) is 2.46. The van der Waals surface area contributed by atoms with Gasteiger partial charge in [0.15, 0.2) is 6.04 Å². The maximum absolute atomic E-state index is 11.8. The van der Waals surface area contributed by atoms with Gasteiger partial charge in [-0.1, -0.05) is 0 Å². The first-order valence-corrected chi connectivity index (χ1v) is 6.08. The Hall–Kier alpha value is -2.22. The molecule has 1 saturated heterocycles. The first-order chi connectivity index (χ1) is 9.54. The molecule has 0 aliphatic carbocycles. The summed E-state index contributed by atoms with van der Waals surface area (Å²) in [6.45, 7) is 2.88. The summed E-state index contributed by atoms with van der Waals surface area (Å²) in [6.07, 6.45) is 1.19. The molecule has 1 unspecified atom stereocenters. The van der Waals surface area contributed by atoms with Crippen LogP contribution >= 0.6 is 0 Å². The van der Waals surface area contributed by atoms with E-state index in [-0.39, 0.29) is 12.3 Å². The number of carbonyl (C=O) groups excluding carboxylic acids is 1. The summed E-state index contributed by atoms with van der Waals surface area (Å²) in [4.78, 5) is 27.8. The molecule has 0 bridgehead atoms. The molecule has 1 aliphatic rings. The first-order valence-electron chi connectivity index (χ1n) is 6.08. The van der Waals surface area contributed by atoms with E-state index in [1.807, 2.05) is 0 Å². The number of morpholine rings is 1. The Morgan fingerprint density at radius 1 is 1.65 bits per heavy atom. The van der Waals surface area contributed by atoms with Crippen molar-refractivity contribution in [3.05, 3.63) is 27.9 Å². The normalized spacial score (nSPS) is 18.7. The molecule has 1 fully saturated rings. The number of ether oxygens (including phenoxy) is 2. The second kappa shape index (κ2) is 5.83. The fourth-order valence-corrected chi connectivity index (χ4v) is 2.14. The third-order valence-electron chi connectivity index (χ3n) is 3.12. The predicted octanol–water partition coefficient (Wildman–Crippen LogP) is 0.676. The maximum atomic E-state index is 11.8. The van der Waals surface area contributed by atoms with Gasteiger partial charge in [0.2, 0.25) is 0 Å². The van der Waals surface area contributed by atoms with Crippen LogP contribution in [0.15, 0.2) is 12.3 Å². The highest BCUT2D eigenvalue weighted by molar-refractivity contribution is 5.80. The number of hydrogen-bond acceptors (Lipinski definition) is 7. The molecule has 1 atom stereocenters. The zero-order chi connectivity index (χ0) is 14.7. The lowest BCUT2D eigenvalue weighted by molar-refractivity contribution is -0.385. The Labute approximate surface area is 115 Å². The molecule has 0 saturated carbocycles. The lowest BCUT2D eigenvalue weighted by atomic mass is 10.2. The SMILES string of the molecule is COC(=O)C1COCCN1c1ncc([N+](=O)[O-])cc1C. The predicted molar refractivity (Wildman–Crippen MR) is 69.6 cm³/mol. The highest BCUT2D eigenvalue weighted by atomic mass is 16.6. The topological polar surface area (TPSA) is 94.8 Å². The Morgan fingerprint density at radius 3 is 3.00 bits per heavy atom. The van der Waals surface area contributed by atoms with Crippen LogP contribution in [0.25, 0.3) is 0 Å². The second-order valence-corrected chi connectivity index (χ2v) is 4.40. The monoisotopic (exact) mass is 281 g/mol. The number of pyridine rings is 1. The molecule has 2 heterocycles. The number of aromatic nitrogens is 1. The Bertz CT molecular complexity index is 534. The van der Waals surface area contributed by atoms with E-state index in [4.69, 9.17) is 9.47 Å². The largest absolute Gasteiger partial charge is 0.467 e. The summed E-state index contributed by atoms with van der Waals surface area (Å²) in [7, 11) is 1.31. The molecule has 8 nitrogen and oxygen atoms in total. The van der Waals surface area contributed by atoms with Gasteiger partial charge in [-0.3, -0.25) is 10.1 Å². The molecule has 0 aromatic carbocycles. The minimum atomic E-state index is -0.582. The van der Waals surface area contributed by atoms with Gasteiger partial charge in [-0.25, -0.2) is 9.78 Å². The fourth-order valence-electron chi connectivity index (χ4n) is 2.14. The molecule has 1 aromatic rings. The molecule has 108 valence electrons. The Kier molecular flexibility index (Phi) is 4.14. The second-order valence-electron chi connectivity index (χ2n) is 4.40. The van der Waals surface area contributed by atoms with E-state index in [1.165, 1.54) is 19.4 Å². The molecule has 0 radical (unpaired) electrons. The molecule has 0 N–H and O–H groups in total. The van der Waals surface area contributed by atoms with E-state index in [1.54, 1.807) is 11.8 Å². The third kappa shape index (κ3) is 2.69. The Balaban J connectivity index is 2.32. The summed E-state index contributed by atoms with van der Waals surface area (Å²) >= 11 is 0. The van der Waals surface area contributed by atoms with Crippen molar-refractivity contribution in [2.24, 2.45) is 0 Å². The van der Waals surface area contributed by atoms with Gasteiger partial charge in [0, 0.05) is 12.6 Å². The number of methoxy groups -OCH3 is 1. The number of hydrogen-bond donors (Lipinski definition) is 0. The third-order valence-corrected chi connectivity index (χ3v) is 3.12. The van der Waals surface area contributed by atoms with Crippen LogP contribution in [0.5, 0.6) is 0 Å². The van der Waals surface area contributed by atoms with Gasteiger partial charge in [-0.05, 0) is 12.5 Å². The Morgan fingerprint density at radius 2 is 2.40 bits per heavy atom. The van der Waals surface area contributed by atoms with E-state index >= 15 is 0 Å². The van der Waals surface area contributed by atoms with Gasteiger partial charge in [-0.2, -0.15) is 0 Å². The summed E-state index contributed by atoms with van der Waals surface area (Å²) in [5.41, 5.74) is 0.559. The van der Waals surface area contributed by atoms with Crippen molar-refractivity contribution in [2.75, 3.05) is 31.8 Å². The number of rotatable bonds is 3. The molecule has 20 heavy (non-hydrogen) atoms. The number of esters is 1. The lowest BCUT2D eigenvalue weighted by Crippen LogP contribution is -2.51. The standard InChI is InChI=1S/C12H15N3O5/c1-8-5-9(15(17)18)6-13-11(8)14-3-4-20-7-10(14)12(16)19-2/h5-6,10H,3-4,7H2,1-2H3. The summed E-state index contributed by atoms with van der Waals surface area (Å²) in [5.74, 6) is 0.124. The lowest BCUT2D eigenvalue weighted by Gasteiger charge is -2.35. The van der Waals surface area contributed by atoms with E-state index in [0.717, 1.165) is 0 Å². The van der Waals surface area contributed by atoms with E-state index < -0.39 is 16.9 Å². The molecule has 0 spiro atoms. The van der Waals surface area contributed by atoms with Crippen LogP contribution in [-0.2, 0) is 14.3 Å². The van der Waals surface area contributed by atoms with Crippen LogP contribution in [-0.4, -0.2) is 48.8 Å². The van der Waals surface area contributed by atoms with E-state index in [0.29, 0.717) is 24.5 Å². The molecule has 2 rings (SSSR count). The number of aryl methyl sites for hydroxylation is 1. The van der Waals surface area contributed by atoms with Crippen LogP contribution in [0.3, 0.4) is 0 Å². The van der Waals surface area contributed by atoms with Gasteiger partial charge in [0.25, 0.3) is 5.69 Å². The van der Waals surface area contributed by atoms with E-state index in [2.05, 4.69) is 4.98 Å². The van der Waals surface area contributed by atoms with Crippen LogP contribution in [0.4, 0.5) is 11.5 Å². The van der Waals surface area contributed by atoms with Crippen molar-refractivity contribution in [3.8, 4) is 0 Å². The van der Waals surface area contributed by atoms with Crippen molar-refractivity contribution in [1.82, 2.24) is 4.98 Å². The molecule has 1 aromatic heterocycles. The molecular formula is C12H15N3O5. The van der Waals surface area contributed by atoms with Crippen molar-refractivity contribution in [1.29, 1.82) is 0 Å². The molecular weight excluding hydrogens is 266 g/mol. The minimum Gasteiger partial charge on any atom is -0.467 e. The fraction of sp³-hybridized carbons (Fsp3) is 0.500. The zero-order valence-corrected chi connectivity index (χ0v) is 11.2. The van der Waals surface area contributed by atoms with Crippen molar-refractivity contribution >= 4 is 17.5 Å². The van der Waals surface area contributed by atoms with Crippen molar-refractivity contribution in [3.63, 3.8) is 0 Å². The molecule has 8 heteroatoms. The zero-order valence-electron chi connectivity index (χ0n) is 11.2. The van der Waals surface area contributed by atoms with Crippen molar-refractivity contribution in [2.45, 2.75) is 13.0 Å². The first kappa shape index (κ1) is 14.2. The minimum absolute atomic E-state index is 0.0749.